The Morgan fingerprint density at radius 3 is 2.47 bits per heavy atom. The van der Waals surface area contributed by atoms with E-state index >= 15 is 0 Å². The van der Waals surface area contributed by atoms with E-state index in [1.165, 1.54) is 0 Å². The lowest BCUT2D eigenvalue weighted by Gasteiger charge is -2.36. The van der Waals surface area contributed by atoms with Gasteiger partial charge >= 0.3 is 0 Å². The molecule has 0 aliphatic carbocycles. The highest BCUT2D eigenvalue weighted by molar-refractivity contribution is 8.00. The van der Waals surface area contributed by atoms with E-state index in [9.17, 15) is 0 Å². The molecule has 2 N–H and O–H groups in total. The molecule has 17 heavy (non-hydrogen) atoms. The zero-order valence-electron chi connectivity index (χ0n) is 11.1. The first kappa shape index (κ1) is 12.6. The van der Waals surface area contributed by atoms with Crippen molar-refractivity contribution in [2.24, 2.45) is 0 Å². The molecule has 1 saturated heterocycles. The van der Waals surface area contributed by atoms with Gasteiger partial charge in [0, 0.05) is 30.1 Å². The van der Waals surface area contributed by atoms with Gasteiger partial charge < -0.3 is 10.6 Å². The van der Waals surface area contributed by atoms with Gasteiger partial charge in [0.15, 0.2) is 5.82 Å². The largest absolute Gasteiger partial charge is 0.394 e. The summed E-state index contributed by atoms with van der Waals surface area (Å²) < 4.78 is 2.03. The van der Waals surface area contributed by atoms with Crippen LogP contribution in [0.1, 0.15) is 26.5 Å². The van der Waals surface area contributed by atoms with Crippen molar-refractivity contribution in [2.45, 2.75) is 44.7 Å². The summed E-state index contributed by atoms with van der Waals surface area (Å²) in [7, 11) is 0. The van der Waals surface area contributed by atoms with E-state index < -0.39 is 0 Å². The molecule has 1 aliphatic rings. The van der Waals surface area contributed by atoms with E-state index in [0.29, 0.717) is 10.5 Å². The van der Waals surface area contributed by atoms with E-state index in [0.717, 1.165) is 36.8 Å². The molecule has 5 heteroatoms. The summed E-state index contributed by atoms with van der Waals surface area (Å²) in [6, 6.07) is 0. The number of hydrogen-bond acceptors (Lipinski definition) is 4. The van der Waals surface area contributed by atoms with Gasteiger partial charge in [-0.2, -0.15) is 16.9 Å². The van der Waals surface area contributed by atoms with Crippen molar-refractivity contribution in [3.05, 3.63) is 5.69 Å². The molecule has 2 rings (SSSR count). The molecule has 2 heterocycles. The summed E-state index contributed by atoms with van der Waals surface area (Å²) in [5.74, 6) is 1.11. The average Bonchev–Trinajstić information content (AvgIpc) is 2.53. The highest BCUT2D eigenvalue weighted by atomic mass is 32.2. The molecular formula is C12H22N4S. The van der Waals surface area contributed by atoms with Crippen LogP contribution < -0.4 is 10.6 Å². The quantitative estimate of drug-likeness (QED) is 0.878. The number of anilines is 2. The summed E-state index contributed by atoms with van der Waals surface area (Å²) in [5, 5.41) is 5.80. The molecule has 1 aromatic heterocycles. The fourth-order valence-corrected chi connectivity index (χ4v) is 3.81. The summed E-state index contributed by atoms with van der Waals surface area (Å²) in [6.07, 6.45) is 0. The number of nitrogen functional groups attached to an aromatic ring is 1. The second kappa shape index (κ2) is 4.80. The number of aryl methyl sites for hydroxylation is 2. The van der Waals surface area contributed by atoms with Gasteiger partial charge in [0.05, 0.1) is 11.4 Å². The lowest BCUT2D eigenvalue weighted by Crippen LogP contribution is -2.41. The zero-order chi connectivity index (χ0) is 12.6. The third kappa shape index (κ3) is 2.39. The standard InChI is InChI=1S/C12H22N4S/c1-5-16-12(11(13)10(4)14-16)15-6-8(2)17-9(3)7-15/h8-9H,5-7,13H2,1-4H3. The van der Waals surface area contributed by atoms with Gasteiger partial charge in [-0.25, -0.2) is 4.68 Å². The van der Waals surface area contributed by atoms with E-state index in [-0.39, 0.29) is 0 Å². The first-order valence-corrected chi connectivity index (χ1v) is 7.20. The Morgan fingerprint density at radius 2 is 1.94 bits per heavy atom. The van der Waals surface area contributed by atoms with Crippen LogP contribution in [0, 0.1) is 6.92 Å². The minimum absolute atomic E-state index is 0.652. The van der Waals surface area contributed by atoms with Gasteiger partial charge in [0.1, 0.15) is 0 Å². The van der Waals surface area contributed by atoms with E-state index in [1.54, 1.807) is 0 Å². The highest BCUT2D eigenvalue weighted by Crippen LogP contribution is 2.33. The van der Waals surface area contributed by atoms with Crippen LogP contribution in [-0.4, -0.2) is 33.4 Å². The molecule has 0 aromatic carbocycles. The van der Waals surface area contributed by atoms with Gasteiger partial charge in [-0.3, -0.25) is 0 Å². The van der Waals surface area contributed by atoms with Gasteiger partial charge in [-0.15, -0.1) is 0 Å². The minimum Gasteiger partial charge on any atom is -0.394 e. The van der Waals surface area contributed by atoms with Crippen LogP contribution >= 0.6 is 11.8 Å². The van der Waals surface area contributed by atoms with Crippen molar-refractivity contribution in [3.8, 4) is 0 Å². The van der Waals surface area contributed by atoms with Crippen LogP contribution in [0.3, 0.4) is 0 Å². The van der Waals surface area contributed by atoms with Crippen LogP contribution in [0.25, 0.3) is 0 Å². The fraction of sp³-hybridized carbons (Fsp3) is 0.750. The SMILES string of the molecule is CCn1nc(C)c(N)c1N1CC(C)SC(C)C1. The zero-order valence-corrected chi connectivity index (χ0v) is 11.9. The summed E-state index contributed by atoms with van der Waals surface area (Å²) >= 11 is 2.05. The van der Waals surface area contributed by atoms with Crippen LogP contribution in [0.15, 0.2) is 0 Å². The predicted octanol–water partition coefficient (Wildman–Crippen LogP) is 2.12. The first-order valence-electron chi connectivity index (χ1n) is 6.26. The fourth-order valence-electron chi connectivity index (χ4n) is 2.49. The molecule has 2 atom stereocenters. The Balaban J connectivity index is 2.32. The van der Waals surface area contributed by atoms with Crippen LogP contribution in [0.2, 0.25) is 0 Å². The van der Waals surface area contributed by atoms with Gasteiger partial charge in [0.2, 0.25) is 0 Å². The maximum absolute atomic E-state index is 6.17. The molecule has 4 nitrogen and oxygen atoms in total. The third-order valence-electron chi connectivity index (χ3n) is 3.16. The van der Waals surface area contributed by atoms with E-state index in [1.807, 2.05) is 11.6 Å². The molecule has 96 valence electrons. The molecule has 2 unspecified atom stereocenters. The van der Waals surface area contributed by atoms with E-state index in [4.69, 9.17) is 5.73 Å². The molecule has 1 aliphatic heterocycles. The van der Waals surface area contributed by atoms with Crippen LogP contribution in [0.5, 0.6) is 0 Å². The summed E-state index contributed by atoms with van der Waals surface area (Å²) in [6.45, 7) is 11.7. The Bertz CT molecular complexity index is 391. The second-order valence-electron chi connectivity index (χ2n) is 4.80. The molecule has 1 aromatic rings. The Kier molecular flexibility index (Phi) is 3.56. The Hall–Kier alpha value is -0.840. The van der Waals surface area contributed by atoms with Crippen molar-refractivity contribution >= 4 is 23.3 Å². The molecule has 0 saturated carbocycles. The predicted molar refractivity (Wildman–Crippen MR) is 75.8 cm³/mol. The third-order valence-corrected chi connectivity index (χ3v) is 4.39. The molecule has 1 fully saturated rings. The van der Waals surface area contributed by atoms with Crippen molar-refractivity contribution in [1.82, 2.24) is 9.78 Å². The normalized spacial score (nSPS) is 25.3. The smallest absolute Gasteiger partial charge is 0.150 e. The van der Waals surface area contributed by atoms with Crippen molar-refractivity contribution in [2.75, 3.05) is 23.7 Å². The number of aromatic nitrogens is 2. The van der Waals surface area contributed by atoms with Gasteiger partial charge in [-0.1, -0.05) is 13.8 Å². The monoisotopic (exact) mass is 254 g/mol. The van der Waals surface area contributed by atoms with Crippen molar-refractivity contribution < 1.29 is 0 Å². The number of hydrogen-bond donors (Lipinski definition) is 1. The summed E-state index contributed by atoms with van der Waals surface area (Å²) in [5.41, 5.74) is 7.96. The van der Waals surface area contributed by atoms with E-state index in [2.05, 4.69) is 42.5 Å². The average molecular weight is 254 g/mol. The molecule has 0 spiro atoms. The second-order valence-corrected chi connectivity index (χ2v) is 6.68. The maximum atomic E-state index is 6.17. The summed E-state index contributed by atoms with van der Waals surface area (Å²) in [4.78, 5) is 2.39. The molecule has 0 radical (unpaired) electrons. The van der Waals surface area contributed by atoms with Gasteiger partial charge in [0.25, 0.3) is 0 Å². The highest BCUT2D eigenvalue weighted by Gasteiger charge is 2.26. The topological polar surface area (TPSA) is 47.1 Å². The van der Waals surface area contributed by atoms with Gasteiger partial charge in [-0.05, 0) is 13.8 Å². The number of rotatable bonds is 2. The first-order chi connectivity index (χ1) is 8.02. The maximum Gasteiger partial charge on any atom is 0.150 e. The van der Waals surface area contributed by atoms with Crippen LogP contribution in [-0.2, 0) is 6.54 Å². The van der Waals surface area contributed by atoms with Crippen LogP contribution in [0.4, 0.5) is 11.5 Å². The van der Waals surface area contributed by atoms with Crippen molar-refractivity contribution in [1.29, 1.82) is 0 Å². The lowest BCUT2D eigenvalue weighted by atomic mass is 10.3. The molecule has 0 amide bonds. The van der Waals surface area contributed by atoms with Crippen molar-refractivity contribution in [3.63, 3.8) is 0 Å². The number of thioether (sulfide) groups is 1. The minimum atomic E-state index is 0.652. The number of nitrogens with zero attached hydrogens (tertiary/aromatic N) is 3. The number of nitrogens with two attached hydrogens (primary N) is 1. The molecular weight excluding hydrogens is 232 g/mol. The molecule has 0 bridgehead atoms. The Morgan fingerprint density at radius 1 is 1.35 bits per heavy atom. The Labute approximate surface area is 108 Å². The lowest BCUT2D eigenvalue weighted by molar-refractivity contribution is 0.618.